The molecule has 1 saturated heterocycles. The number of carbonyl (C=O) groups excluding carboxylic acids is 1. The van der Waals surface area contributed by atoms with E-state index in [0.29, 0.717) is 19.5 Å². The minimum Gasteiger partial charge on any atom is -0.386 e. The standard InChI is InChI=1S/C14H23NO2/c1-2-8-14(17)10-15(11-14)13(16)9-12-6-4-3-5-7-12/h6,17H,2-5,7-11H2,1H3. The van der Waals surface area contributed by atoms with Crippen molar-refractivity contribution in [1.29, 1.82) is 0 Å². The molecular formula is C14H23NO2. The van der Waals surface area contributed by atoms with Gasteiger partial charge in [0.05, 0.1) is 18.7 Å². The Morgan fingerprint density at radius 3 is 2.82 bits per heavy atom. The number of nitrogens with zero attached hydrogens (tertiary/aromatic N) is 1. The van der Waals surface area contributed by atoms with Crippen LogP contribution in [0.3, 0.4) is 0 Å². The zero-order valence-electron chi connectivity index (χ0n) is 10.7. The molecule has 2 rings (SSSR count). The van der Waals surface area contributed by atoms with Crippen molar-refractivity contribution >= 4 is 5.91 Å². The summed E-state index contributed by atoms with van der Waals surface area (Å²) in [5.74, 6) is 0.193. The van der Waals surface area contributed by atoms with Gasteiger partial charge in [0.1, 0.15) is 0 Å². The minimum absolute atomic E-state index is 0.193. The number of carbonyl (C=O) groups is 1. The Kier molecular flexibility index (Phi) is 3.87. The lowest BCUT2D eigenvalue weighted by molar-refractivity contribution is -0.155. The van der Waals surface area contributed by atoms with Crippen molar-refractivity contribution in [2.24, 2.45) is 0 Å². The second-order valence-corrected chi connectivity index (χ2v) is 5.51. The lowest BCUT2D eigenvalue weighted by Gasteiger charge is -2.46. The SMILES string of the molecule is CCCC1(O)CN(C(=O)CC2=CCCCC2)C1. The van der Waals surface area contributed by atoms with Gasteiger partial charge >= 0.3 is 0 Å². The molecule has 0 bridgehead atoms. The number of amides is 1. The summed E-state index contributed by atoms with van der Waals surface area (Å²) in [6.45, 7) is 3.13. The fraction of sp³-hybridized carbons (Fsp3) is 0.786. The average molecular weight is 237 g/mol. The van der Waals surface area contributed by atoms with Gasteiger partial charge in [0.25, 0.3) is 0 Å². The first-order valence-corrected chi connectivity index (χ1v) is 6.81. The number of β-amino-alcohol motifs (C(OH)–C–C–N with tert-alkyl or cyclic N) is 1. The van der Waals surface area contributed by atoms with Crippen LogP contribution in [-0.2, 0) is 4.79 Å². The molecule has 1 N–H and O–H groups in total. The van der Waals surface area contributed by atoms with Crippen LogP contribution in [0.4, 0.5) is 0 Å². The lowest BCUT2D eigenvalue weighted by Crippen LogP contribution is -2.63. The molecule has 3 heteroatoms. The minimum atomic E-state index is -0.592. The van der Waals surface area contributed by atoms with Crippen LogP contribution in [0.25, 0.3) is 0 Å². The average Bonchev–Trinajstić information content (AvgIpc) is 2.27. The van der Waals surface area contributed by atoms with E-state index in [2.05, 4.69) is 13.0 Å². The highest BCUT2D eigenvalue weighted by Crippen LogP contribution is 2.28. The summed E-state index contributed by atoms with van der Waals surface area (Å²) in [5.41, 5.74) is 0.706. The van der Waals surface area contributed by atoms with Crippen LogP contribution in [0.5, 0.6) is 0 Å². The van der Waals surface area contributed by atoms with Gasteiger partial charge in [-0.05, 0) is 32.1 Å². The zero-order chi connectivity index (χ0) is 12.3. The van der Waals surface area contributed by atoms with Crippen molar-refractivity contribution < 1.29 is 9.90 Å². The first-order valence-electron chi connectivity index (χ1n) is 6.81. The third-order valence-corrected chi connectivity index (χ3v) is 3.80. The summed E-state index contributed by atoms with van der Waals surface area (Å²) >= 11 is 0. The largest absolute Gasteiger partial charge is 0.386 e. The van der Waals surface area contributed by atoms with Gasteiger partial charge in [-0.15, -0.1) is 0 Å². The molecule has 1 fully saturated rings. The van der Waals surface area contributed by atoms with Gasteiger partial charge in [-0.3, -0.25) is 4.79 Å². The van der Waals surface area contributed by atoms with Crippen molar-refractivity contribution in [3.63, 3.8) is 0 Å². The predicted molar refractivity (Wildman–Crippen MR) is 67.6 cm³/mol. The Balaban J connectivity index is 1.77. The molecule has 0 saturated carbocycles. The summed E-state index contributed by atoms with van der Waals surface area (Å²) < 4.78 is 0. The first-order chi connectivity index (χ1) is 8.13. The molecule has 0 atom stereocenters. The van der Waals surface area contributed by atoms with Crippen LogP contribution >= 0.6 is 0 Å². The number of rotatable bonds is 4. The topological polar surface area (TPSA) is 40.5 Å². The van der Waals surface area contributed by atoms with Gasteiger partial charge < -0.3 is 10.0 Å². The molecule has 0 spiro atoms. The van der Waals surface area contributed by atoms with E-state index in [1.807, 2.05) is 0 Å². The Labute approximate surface area is 103 Å². The van der Waals surface area contributed by atoms with Crippen molar-refractivity contribution in [1.82, 2.24) is 4.90 Å². The van der Waals surface area contributed by atoms with Gasteiger partial charge in [0, 0.05) is 6.42 Å². The molecule has 0 aromatic heterocycles. The number of likely N-dealkylation sites (tertiary alicyclic amines) is 1. The normalized spacial score (nSPS) is 22.9. The van der Waals surface area contributed by atoms with E-state index in [4.69, 9.17) is 0 Å². The van der Waals surface area contributed by atoms with E-state index in [0.717, 1.165) is 25.7 Å². The lowest BCUT2D eigenvalue weighted by atomic mass is 9.88. The molecular weight excluding hydrogens is 214 g/mol. The molecule has 1 amide bonds. The Morgan fingerprint density at radius 2 is 2.24 bits per heavy atom. The maximum absolute atomic E-state index is 12.0. The molecule has 1 heterocycles. The van der Waals surface area contributed by atoms with Gasteiger partial charge in [-0.25, -0.2) is 0 Å². The van der Waals surface area contributed by atoms with Crippen molar-refractivity contribution in [3.8, 4) is 0 Å². The van der Waals surface area contributed by atoms with Crippen molar-refractivity contribution in [2.75, 3.05) is 13.1 Å². The molecule has 0 unspecified atom stereocenters. The Hall–Kier alpha value is -0.830. The van der Waals surface area contributed by atoms with Gasteiger partial charge in [0.2, 0.25) is 5.91 Å². The summed E-state index contributed by atoms with van der Waals surface area (Å²) in [6, 6.07) is 0. The molecule has 1 aliphatic heterocycles. The van der Waals surface area contributed by atoms with E-state index < -0.39 is 5.60 Å². The zero-order valence-corrected chi connectivity index (χ0v) is 10.7. The summed E-state index contributed by atoms with van der Waals surface area (Å²) in [4.78, 5) is 13.8. The molecule has 0 aromatic rings. The fourth-order valence-electron chi connectivity index (χ4n) is 2.84. The molecule has 17 heavy (non-hydrogen) atoms. The number of aliphatic hydroxyl groups is 1. The summed E-state index contributed by atoms with van der Waals surface area (Å²) in [5, 5.41) is 10.0. The Morgan fingerprint density at radius 1 is 1.47 bits per heavy atom. The molecule has 96 valence electrons. The van der Waals surface area contributed by atoms with Gasteiger partial charge in [-0.1, -0.05) is 25.0 Å². The second-order valence-electron chi connectivity index (χ2n) is 5.51. The third-order valence-electron chi connectivity index (χ3n) is 3.80. The van der Waals surface area contributed by atoms with E-state index in [1.165, 1.54) is 18.4 Å². The van der Waals surface area contributed by atoms with Crippen LogP contribution < -0.4 is 0 Å². The van der Waals surface area contributed by atoms with E-state index in [9.17, 15) is 9.90 Å². The molecule has 2 aliphatic rings. The van der Waals surface area contributed by atoms with Crippen LogP contribution in [0.15, 0.2) is 11.6 Å². The number of hydrogen-bond donors (Lipinski definition) is 1. The quantitative estimate of drug-likeness (QED) is 0.762. The third kappa shape index (κ3) is 3.09. The second kappa shape index (κ2) is 5.21. The maximum atomic E-state index is 12.0. The van der Waals surface area contributed by atoms with Crippen LogP contribution in [-0.4, -0.2) is 34.6 Å². The van der Waals surface area contributed by atoms with Crippen LogP contribution in [0.2, 0.25) is 0 Å². The first kappa shape index (κ1) is 12.6. The Bertz CT molecular complexity index is 316. The van der Waals surface area contributed by atoms with E-state index >= 15 is 0 Å². The van der Waals surface area contributed by atoms with Crippen LogP contribution in [0, 0.1) is 0 Å². The van der Waals surface area contributed by atoms with E-state index in [-0.39, 0.29) is 5.91 Å². The van der Waals surface area contributed by atoms with Crippen molar-refractivity contribution in [3.05, 3.63) is 11.6 Å². The highest BCUT2D eigenvalue weighted by Gasteiger charge is 2.42. The summed E-state index contributed by atoms with van der Waals surface area (Å²) in [7, 11) is 0. The highest BCUT2D eigenvalue weighted by atomic mass is 16.3. The predicted octanol–water partition coefficient (Wildman–Crippen LogP) is 2.25. The number of allylic oxidation sites excluding steroid dienone is 1. The highest BCUT2D eigenvalue weighted by molar-refractivity contribution is 5.79. The monoisotopic (exact) mass is 237 g/mol. The molecule has 0 radical (unpaired) electrons. The molecule has 1 aliphatic carbocycles. The number of hydrogen-bond acceptors (Lipinski definition) is 2. The van der Waals surface area contributed by atoms with Crippen molar-refractivity contribution in [2.45, 2.75) is 57.5 Å². The molecule has 3 nitrogen and oxygen atoms in total. The maximum Gasteiger partial charge on any atom is 0.226 e. The van der Waals surface area contributed by atoms with Gasteiger partial charge in [-0.2, -0.15) is 0 Å². The fourth-order valence-corrected chi connectivity index (χ4v) is 2.84. The summed E-state index contributed by atoms with van der Waals surface area (Å²) in [6.07, 6.45) is 9.27. The molecule has 0 aromatic carbocycles. The van der Waals surface area contributed by atoms with E-state index in [1.54, 1.807) is 4.90 Å². The van der Waals surface area contributed by atoms with Gasteiger partial charge in [0.15, 0.2) is 0 Å². The van der Waals surface area contributed by atoms with Crippen LogP contribution in [0.1, 0.15) is 51.9 Å². The smallest absolute Gasteiger partial charge is 0.226 e.